The second-order valence-electron chi connectivity index (χ2n) is 5.74. The van der Waals surface area contributed by atoms with Gasteiger partial charge in [0.05, 0.1) is 18.7 Å². The van der Waals surface area contributed by atoms with Crippen LogP contribution in [0.25, 0.3) is 0 Å². The molecule has 2 fully saturated rings. The number of amides is 1. The fourth-order valence-electron chi connectivity index (χ4n) is 3.06. The van der Waals surface area contributed by atoms with Gasteiger partial charge >= 0.3 is 0 Å². The standard InChI is InChI=1S/C15H22N2O2S.ClH/c1-11-8-17(15(18)13-4-2-3-6-16-13)9-14(19-11)12-5-7-20-10-12;/h5,7,10-11,13-14,16H,2-4,6,8-9H2,1H3;1H. The third-order valence-corrected chi connectivity index (χ3v) is 4.80. The summed E-state index contributed by atoms with van der Waals surface area (Å²) < 4.78 is 5.99. The maximum absolute atomic E-state index is 12.6. The van der Waals surface area contributed by atoms with Crippen molar-refractivity contribution in [2.75, 3.05) is 19.6 Å². The van der Waals surface area contributed by atoms with Crippen molar-refractivity contribution in [2.24, 2.45) is 0 Å². The summed E-state index contributed by atoms with van der Waals surface area (Å²) in [5.41, 5.74) is 1.19. The molecule has 2 aliphatic rings. The van der Waals surface area contributed by atoms with Crippen LogP contribution in [0, 0.1) is 0 Å². The zero-order valence-corrected chi connectivity index (χ0v) is 13.9. The molecule has 3 rings (SSSR count). The number of thiophene rings is 1. The largest absolute Gasteiger partial charge is 0.367 e. The van der Waals surface area contributed by atoms with E-state index in [1.807, 2.05) is 11.8 Å². The number of halogens is 1. The highest BCUT2D eigenvalue weighted by molar-refractivity contribution is 7.07. The lowest BCUT2D eigenvalue weighted by Crippen LogP contribution is -2.53. The first-order valence-electron chi connectivity index (χ1n) is 7.44. The van der Waals surface area contributed by atoms with Gasteiger partial charge in [0, 0.05) is 6.54 Å². The molecule has 3 heterocycles. The first-order valence-corrected chi connectivity index (χ1v) is 8.38. The number of ether oxygens (including phenoxy) is 1. The van der Waals surface area contributed by atoms with Crippen LogP contribution in [0.4, 0.5) is 0 Å². The second kappa shape index (κ2) is 7.58. The van der Waals surface area contributed by atoms with E-state index < -0.39 is 0 Å². The lowest BCUT2D eigenvalue weighted by atomic mass is 10.0. The molecule has 0 saturated carbocycles. The summed E-state index contributed by atoms with van der Waals surface area (Å²) in [6.07, 6.45) is 3.42. The van der Waals surface area contributed by atoms with Gasteiger partial charge in [-0.3, -0.25) is 4.79 Å². The van der Waals surface area contributed by atoms with Gasteiger partial charge < -0.3 is 15.0 Å². The van der Waals surface area contributed by atoms with Crippen LogP contribution in [0.5, 0.6) is 0 Å². The molecule has 6 heteroatoms. The Hall–Kier alpha value is -0.620. The Bertz CT molecular complexity index is 449. The first-order chi connectivity index (χ1) is 9.74. The second-order valence-corrected chi connectivity index (χ2v) is 6.52. The number of carbonyl (C=O) groups excluding carboxylic acids is 1. The molecule has 0 spiro atoms. The lowest BCUT2D eigenvalue weighted by molar-refractivity contribution is -0.147. The summed E-state index contributed by atoms with van der Waals surface area (Å²) in [5.74, 6) is 0.250. The normalized spacial score (nSPS) is 29.8. The molecular formula is C15H23ClN2O2S. The third-order valence-electron chi connectivity index (χ3n) is 4.10. The molecule has 2 aliphatic heterocycles. The number of hydrogen-bond acceptors (Lipinski definition) is 4. The summed E-state index contributed by atoms with van der Waals surface area (Å²) in [6, 6.07) is 2.10. The van der Waals surface area contributed by atoms with Crippen molar-refractivity contribution in [3.8, 4) is 0 Å². The zero-order chi connectivity index (χ0) is 13.9. The quantitative estimate of drug-likeness (QED) is 0.906. The predicted molar refractivity (Wildman–Crippen MR) is 87.1 cm³/mol. The summed E-state index contributed by atoms with van der Waals surface area (Å²) >= 11 is 1.68. The van der Waals surface area contributed by atoms with Gasteiger partial charge in [-0.25, -0.2) is 0 Å². The molecule has 0 aliphatic carbocycles. The van der Waals surface area contributed by atoms with Gasteiger partial charge in [0.15, 0.2) is 0 Å². The van der Waals surface area contributed by atoms with Crippen molar-refractivity contribution < 1.29 is 9.53 Å². The molecule has 1 aromatic heterocycles. The zero-order valence-electron chi connectivity index (χ0n) is 12.3. The van der Waals surface area contributed by atoms with E-state index in [9.17, 15) is 4.79 Å². The maximum atomic E-state index is 12.6. The SMILES string of the molecule is CC1CN(C(=O)C2CCCCN2)CC(c2ccsc2)O1.Cl. The average molecular weight is 331 g/mol. The van der Waals surface area contributed by atoms with Gasteiger partial charge in [-0.05, 0) is 48.7 Å². The molecule has 0 aromatic carbocycles. The van der Waals surface area contributed by atoms with Crippen LogP contribution < -0.4 is 5.32 Å². The van der Waals surface area contributed by atoms with Crippen LogP contribution in [0.1, 0.15) is 37.9 Å². The average Bonchev–Trinajstić information content (AvgIpc) is 3.01. The van der Waals surface area contributed by atoms with Gasteiger partial charge in [0.1, 0.15) is 6.10 Å². The van der Waals surface area contributed by atoms with Crippen LogP contribution in [0.2, 0.25) is 0 Å². The number of rotatable bonds is 2. The number of nitrogens with zero attached hydrogens (tertiary/aromatic N) is 1. The van der Waals surface area contributed by atoms with Crippen LogP contribution in [-0.2, 0) is 9.53 Å². The van der Waals surface area contributed by atoms with Gasteiger partial charge in [-0.2, -0.15) is 11.3 Å². The van der Waals surface area contributed by atoms with E-state index in [0.29, 0.717) is 13.1 Å². The number of morpholine rings is 1. The molecule has 1 aromatic rings. The van der Waals surface area contributed by atoms with Gasteiger partial charge in [-0.1, -0.05) is 6.42 Å². The van der Waals surface area contributed by atoms with E-state index in [4.69, 9.17) is 4.74 Å². The van der Waals surface area contributed by atoms with E-state index in [2.05, 4.69) is 22.1 Å². The van der Waals surface area contributed by atoms with E-state index in [1.54, 1.807) is 11.3 Å². The Labute approximate surface area is 136 Å². The molecule has 2 saturated heterocycles. The van der Waals surface area contributed by atoms with Gasteiger partial charge in [-0.15, -0.1) is 12.4 Å². The highest BCUT2D eigenvalue weighted by Crippen LogP contribution is 2.27. The topological polar surface area (TPSA) is 41.6 Å². The van der Waals surface area contributed by atoms with Crippen molar-refractivity contribution in [2.45, 2.75) is 44.4 Å². The molecule has 0 bridgehead atoms. The van der Waals surface area contributed by atoms with Crippen LogP contribution in [-0.4, -0.2) is 42.6 Å². The Morgan fingerprint density at radius 2 is 2.29 bits per heavy atom. The predicted octanol–water partition coefficient (Wildman–Crippen LogP) is 2.60. The monoisotopic (exact) mass is 330 g/mol. The number of hydrogen-bond donors (Lipinski definition) is 1. The molecule has 1 N–H and O–H groups in total. The molecule has 0 radical (unpaired) electrons. The highest BCUT2D eigenvalue weighted by Gasteiger charge is 2.33. The minimum absolute atomic E-state index is 0. The maximum Gasteiger partial charge on any atom is 0.239 e. The van der Waals surface area contributed by atoms with Crippen molar-refractivity contribution >= 4 is 29.7 Å². The fourth-order valence-corrected chi connectivity index (χ4v) is 3.76. The van der Waals surface area contributed by atoms with Crippen molar-refractivity contribution in [3.05, 3.63) is 22.4 Å². The summed E-state index contributed by atoms with van der Waals surface area (Å²) in [5, 5.41) is 7.53. The minimum atomic E-state index is 0. The van der Waals surface area contributed by atoms with E-state index in [0.717, 1.165) is 19.4 Å². The van der Waals surface area contributed by atoms with Crippen molar-refractivity contribution in [1.82, 2.24) is 10.2 Å². The Balaban J connectivity index is 0.00000161. The molecule has 4 nitrogen and oxygen atoms in total. The van der Waals surface area contributed by atoms with E-state index in [-0.39, 0.29) is 36.6 Å². The number of nitrogens with one attached hydrogen (secondary N) is 1. The summed E-state index contributed by atoms with van der Waals surface area (Å²) in [7, 11) is 0. The molecule has 3 unspecified atom stereocenters. The van der Waals surface area contributed by atoms with Gasteiger partial charge in [0.25, 0.3) is 0 Å². The van der Waals surface area contributed by atoms with Crippen LogP contribution in [0.15, 0.2) is 16.8 Å². The van der Waals surface area contributed by atoms with Gasteiger partial charge in [0.2, 0.25) is 5.91 Å². The van der Waals surface area contributed by atoms with Crippen molar-refractivity contribution in [1.29, 1.82) is 0 Å². The lowest BCUT2D eigenvalue weighted by Gasteiger charge is -2.39. The molecule has 3 atom stereocenters. The third kappa shape index (κ3) is 3.97. The molecule has 21 heavy (non-hydrogen) atoms. The minimum Gasteiger partial charge on any atom is -0.367 e. The molecular weight excluding hydrogens is 308 g/mol. The van der Waals surface area contributed by atoms with Crippen LogP contribution >= 0.6 is 23.7 Å². The Kier molecular flexibility index (Phi) is 6.05. The Morgan fingerprint density at radius 3 is 2.95 bits per heavy atom. The first kappa shape index (κ1) is 16.7. The Morgan fingerprint density at radius 1 is 1.43 bits per heavy atom. The molecule has 1 amide bonds. The fraction of sp³-hybridized carbons (Fsp3) is 0.667. The highest BCUT2D eigenvalue weighted by atomic mass is 35.5. The summed E-state index contributed by atoms with van der Waals surface area (Å²) in [4.78, 5) is 14.6. The van der Waals surface area contributed by atoms with E-state index >= 15 is 0 Å². The van der Waals surface area contributed by atoms with E-state index in [1.165, 1.54) is 12.0 Å². The van der Waals surface area contributed by atoms with Crippen LogP contribution in [0.3, 0.4) is 0 Å². The number of carbonyl (C=O) groups is 1. The molecule has 118 valence electrons. The summed E-state index contributed by atoms with van der Waals surface area (Å²) in [6.45, 7) is 4.40. The smallest absolute Gasteiger partial charge is 0.239 e. The number of piperidine rings is 1. The van der Waals surface area contributed by atoms with Crippen molar-refractivity contribution in [3.63, 3.8) is 0 Å².